The summed E-state index contributed by atoms with van der Waals surface area (Å²) in [5.74, 6) is -1.26. The van der Waals surface area contributed by atoms with Crippen molar-refractivity contribution in [2.45, 2.75) is 13.0 Å². The van der Waals surface area contributed by atoms with Crippen molar-refractivity contribution >= 4 is 17.6 Å². The van der Waals surface area contributed by atoms with Crippen LogP contribution in [-0.4, -0.2) is 26.8 Å². The summed E-state index contributed by atoms with van der Waals surface area (Å²) in [4.78, 5) is 23.1. The van der Waals surface area contributed by atoms with Crippen molar-refractivity contribution in [3.63, 3.8) is 0 Å². The fourth-order valence-electron chi connectivity index (χ4n) is 2.50. The molecule has 0 unspecified atom stereocenters. The first kappa shape index (κ1) is 16.4. The Kier molecular flexibility index (Phi) is 4.89. The van der Waals surface area contributed by atoms with Crippen LogP contribution >= 0.6 is 0 Å². The molecule has 1 aromatic heterocycles. The molecule has 3 rings (SSSR count). The molecule has 0 saturated carbocycles. The Hall–Kier alpha value is -3.41. The average Bonchev–Trinajstić information content (AvgIpc) is 3.10. The zero-order valence-corrected chi connectivity index (χ0v) is 13.4. The van der Waals surface area contributed by atoms with Crippen LogP contribution in [0.15, 0.2) is 66.9 Å². The van der Waals surface area contributed by atoms with E-state index in [-0.39, 0.29) is 24.6 Å². The highest BCUT2D eigenvalue weighted by Gasteiger charge is 2.11. The van der Waals surface area contributed by atoms with Crippen LogP contribution in [0, 0.1) is 0 Å². The Morgan fingerprint density at radius 1 is 0.960 bits per heavy atom. The van der Waals surface area contributed by atoms with Crippen molar-refractivity contribution in [2.75, 3.05) is 5.32 Å². The van der Waals surface area contributed by atoms with Gasteiger partial charge in [-0.15, -0.1) is 0 Å². The number of amides is 1. The van der Waals surface area contributed by atoms with E-state index in [1.807, 2.05) is 54.6 Å². The van der Waals surface area contributed by atoms with Gasteiger partial charge in [-0.25, -0.2) is 4.79 Å². The Morgan fingerprint density at radius 2 is 1.64 bits per heavy atom. The normalized spacial score (nSPS) is 10.4. The second-order valence-electron chi connectivity index (χ2n) is 5.49. The van der Waals surface area contributed by atoms with Gasteiger partial charge in [0.05, 0.1) is 6.54 Å². The molecule has 0 aliphatic carbocycles. The summed E-state index contributed by atoms with van der Waals surface area (Å²) in [6.07, 6.45) is 1.55. The lowest BCUT2D eigenvalue weighted by atomic mass is 10.1. The van der Waals surface area contributed by atoms with Gasteiger partial charge >= 0.3 is 5.97 Å². The van der Waals surface area contributed by atoms with Gasteiger partial charge in [-0.05, 0) is 29.3 Å². The van der Waals surface area contributed by atoms with Gasteiger partial charge in [0, 0.05) is 18.3 Å². The molecule has 2 N–H and O–H groups in total. The first-order chi connectivity index (χ1) is 12.1. The first-order valence-electron chi connectivity index (χ1n) is 7.84. The summed E-state index contributed by atoms with van der Waals surface area (Å²) in [6.45, 7) is 0.211. The summed E-state index contributed by atoms with van der Waals surface area (Å²) >= 11 is 0. The first-order valence-corrected chi connectivity index (χ1v) is 7.84. The van der Waals surface area contributed by atoms with Crippen molar-refractivity contribution in [2.24, 2.45) is 0 Å². The molecule has 0 bridgehead atoms. The highest BCUT2D eigenvalue weighted by molar-refractivity contribution is 5.91. The molecule has 0 atom stereocenters. The number of carbonyl (C=O) groups is 2. The number of aromatic nitrogens is 2. The average molecular weight is 335 g/mol. The van der Waals surface area contributed by atoms with Gasteiger partial charge in [0.2, 0.25) is 5.91 Å². The maximum Gasteiger partial charge on any atom is 0.354 e. The second-order valence-corrected chi connectivity index (χ2v) is 5.49. The number of carboxylic acids is 1. The van der Waals surface area contributed by atoms with Gasteiger partial charge in [-0.2, -0.15) is 5.10 Å². The summed E-state index contributed by atoms with van der Waals surface area (Å²) < 4.78 is 1.31. The number of rotatable bonds is 6. The molecule has 0 aliphatic rings. The summed E-state index contributed by atoms with van der Waals surface area (Å²) in [5.41, 5.74) is 2.95. The van der Waals surface area contributed by atoms with Gasteiger partial charge in [0.15, 0.2) is 0 Å². The maximum absolute atomic E-state index is 12.0. The van der Waals surface area contributed by atoms with Gasteiger partial charge in [0.1, 0.15) is 5.69 Å². The van der Waals surface area contributed by atoms with Crippen LogP contribution < -0.4 is 5.32 Å². The molecule has 126 valence electrons. The molecule has 0 radical (unpaired) electrons. The van der Waals surface area contributed by atoms with Crippen LogP contribution in [0.3, 0.4) is 0 Å². The number of anilines is 1. The number of nitrogens with zero attached hydrogens (tertiary/aromatic N) is 2. The lowest BCUT2D eigenvalue weighted by molar-refractivity contribution is -0.116. The largest absolute Gasteiger partial charge is 0.477 e. The van der Waals surface area contributed by atoms with Crippen molar-refractivity contribution in [3.05, 3.63) is 72.6 Å². The van der Waals surface area contributed by atoms with Gasteiger partial charge in [0.25, 0.3) is 0 Å². The lowest BCUT2D eigenvalue weighted by Gasteiger charge is -2.08. The molecule has 25 heavy (non-hydrogen) atoms. The Morgan fingerprint density at radius 3 is 2.32 bits per heavy atom. The maximum atomic E-state index is 12.0. The molecule has 1 heterocycles. The molecule has 2 aromatic carbocycles. The number of aromatic carboxylic acids is 1. The minimum absolute atomic E-state index is 0.0695. The van der Waals surface area contributed by atoms with Gasteiger partial charge in [-0.3, -0.25) is 9.48 Å². The van der Waals surface area contributed by atoms with E-state index in [9.17, 15) is 9.59 Å². The number of aryl methyl sites for hydroxylation is 1. The fourth-order valence-corrected chi connectivity index (χ4v) is 2.50. The molecule has 0 fully saturated rings. The molecule has 6 heteroatoms. The smallest absolute Gasteiger partial charge is 0.354 e. The number of hydrogen-bond acceptors (Lipinski definition) is 3. The molecule has 0 saturated heterocycles. The van der Waals surface area contributed by atoms with Crippen molar-refractivity contribution in [3.8, 4) is 11.1 Å². The monoisotopic (exact) mass is 335 g/mol. The third kappa shape index (κ3) is 4.11. The van der Waals surface area contributed by atoms with E-state index in [0.717, 1.165) is 11.1 Å². The lowest BCUT2D eigenvalue weighted by Crippen LogP contribution is -2.17. The molecule has 1 amide bonds. The van der Waals surface area contributed by atoms with Crippen molar-refractivity contribution in [1.82, 2.24) is 9.78 Å². The number of nitrogens with one attached hydrogen (secondary N) is 1. The van der Waals surface area contributed by atoms with E-state index < -0.39 is 5.97 Å². The third-order valence-electron chi connectivity index (χ3n) is 3.76. The van der Waals surface area contributed by atoms with Crippen LogP contribution in [0.1, 0.15) is 16.9 Å². The van der Waals surface area contributed by atoms with E-state index in [4.69, 9.17) is 5.11 Å². The minimum Gasteiger partial charge on any atom is -0.477 e. The standard InChI is InChI=1S/C19H17N3O3/c23-18(11-13-22-17(19(24)25)10-12-20-22)21-16-8-6-15(7-9-16)14-4-2-1-3-5-14/h1-10,12H,11,13H2,(H,21,23)(H,24,25). The molecule has 0 aliphatic heterocycles. The number of carbonyl (C=O) groups excluding carboxylic acids is 1. The zero-order chi connectivity index (χ0) is 17.6. The molecule has 0 spiro atoms. The molecular weight excluding hydrogens is 318 g/mol. The predicted octanol–water partition coefficient (Wildman–Crippen LogP) is 3.28. The van der Waals surface area contributed by atoms with Gasteiger partial charge < -0.3 is 10.4 Å². The Labute approximate surface area is 144 Å². The van der Waals surface area contributed by atoms with Crippen molar-refractivity contribution < 1.29 is 14.7 Å². The molecular formula is C19H17N3O3. The van der Waals surface area contributed by atoms with E-state index in [0.29, 0.717) is 5.69 Å². The molecule has 6 nitrogen and oxygen atoms in total. The SMILES string of the molecule is O=C(CCn1nccc1C(=O)O)Nc1ccc(-c2ccccc2)cc1. The van der Waals surface area contributed by atoms with E-state index in [2.05, 4.69) is 10.4 Å². The number of benzene rings is 2. The van der Waals surface area contributed by atoms with Crippen LogP contribution in [0.4, 0.5) is 5.69 Å². The second kappa shape index (κ2) is 7.44. The number of carboxylic acid groups (broad SMARTS) is 1. The third-order valence-corrected chi connectivity index (χ3v) is 3.76. The van der Waals surface area contributed by atoms with Crippen molar-refractivity contribution in [1.29, 1.82) is 0 Å². The quantitative estimate of drug-likeness (QED) is 0.724. The van der Waals surface area contributed by atoms with E-state index >= 15 is 0 Å². The summed E-state index contributed by atoms with van der Waals surface area (Å²) in [7, 11) is 0. The highest BCUT2D eigenvalue weighted by Crippen LogP contribution is 2.21. The number of hydrogen-bond donors (Lipinski definition) is 2. The zero-order valence-electron chi connectivity index (χ0n) is 13.4. The van der Waals surface area contributed by atoms with Crippen LogP contribution in [0.2, 0.25) is 0 Å². The Balaban J connectivity index is 1.58. The fraction of sp³-hybridized carbons (Fsp3) is 0.105. The van der Waals surface area contributed by atoms with Crippen LogP contribution in [0.25, 0.3) is 11.1 Å². The van der Waals surface area contributed by atoms with E-state index in [1.165, 1.54) is 16.9 Å². The highest BCUT2D eigenvalue weighted by atomic mass is 16.4. The summed E-state index contributed by atoms with van der Waals surface area (Å²) in [5, 5.41) is 15.7. The van der Waals surface area contributed by atoms with E-state index in [1.54, 1.807) is 0 Å². The topological polar surface area (TPSA) is 84.2 Å². The Bertz CT molecular complexity index is 870. The molecule has 3 aromatic rings. The predicted molar refractivity (Wildman–Crippen MR) is 94.3 cm³/mol. The van der Waals surface area contributed by atoms with Gasteiger partial charge in [-0.1, -0.05) is 42.5 Å². The minimum atomic E-state index is -1.06. The van der Waals surface area contributed by atoms with Crippen LogP contribution in [0.5, 0.6) is 0 Å². The summed E-state index contributed by atoms with van der Waals surface area (Å²) in [6, 6.07) is 19.0. The van der Waals surface area contributed by atoms with Crippen LogP contribution in [-0.2, 0) is 11.3 Å².